The molecule has 4 aromatic rings. The first-order valence-corrected chi connectivity index (χ1v) is 15.2. The van der Waals surface area contributed by atoms with Gasteiger partial charge in [0.25, 0.3) is 5.56 Å². The summed E-state index contributed by atoms with van der Waals surface area (Å²) >= 11 is 0. The third-order valence-electron chi connectivity index (χ3n) is 9.87. The molecule has 3 aliphatic carbocycles. The van der Waals surface area contributed by atoms with Gasteiger partial charge >= 0.3 is 0 Å². The van der Waals surface area contributed by atoms with E-state index in [1.807, 2.05) is 12.1 Å². The lowest BCUT2D eigenvalue weighted by Crippen LogP contribution is -2.46. The average Bonchev–Trinajstić information content (AvgIpc) is 3.72. The van der Waals surface area contributed by atoms with Crippen LogP contribution in [0.5, 0.6) is 0 Å². The molecule has 216 valence electrons. The van der Waals surface area contributed by atoms with Gasteiger partial charge in [0.2, 0.25) is 5.95 Å². The zero-order chi connectivity index (χ0) is 28.8. The molecule has 0 amide bonds. The Morgan fingerprint density at radius 2 is 1.95 bits per heavy atom. The summed E-state index contributed by atoms with van der Waals surface area (Å²) in [4.78, 5) is 30.4. The molecule has 2 N–H and O–H groups in total. The molecule has 0 spiro atoms. The number of aromatic nitrogens is 5. The van der Waals surface area contributed by atoms with Crippen molar-refractivity contribution in [2.24, 2.45) is 0 Å². The summed E-state index contributed by atoms with van der Waals surface area (Å²) in [5, 5.41) is 14.8. The summed E-state index contributed by atoms with van der Waals surface area (Å²) < 4.78 is 3.31. The molecule has 1 aliphatic heterocycles. The van der Waals surface area contributed by atoms with E-state index in [1.54, 1.807) is 34.1 Å². The molecule has 1 saturated carbocycles. The number of hydrogen-bond acceptors (Lipinski definition) is 7. The van der Waals surface area contributed by atoms with Gasteiger partial charge in [-0.05, 0) is 92.3 Å². The maximum atomic E-state index is 13.5. The maximum Gasteiger partial charge on any atom is 0.278 e. The van der Waals surface area contributed by atoms with Gasteiger partial charge in [-0.15, -0.1) is 6.58 Å². The van der Waals surface area contributed by atoms with Crippen molar-refractivity contribution in [3.8, 4) is 5.82 Å². The van der Waals surface area contributed by atoms with E-state index in [0.717, 1.165) is 43.2 Å². The molecule has 9 heteroatoms. The topological polar surface area (TPSA) is 101 Å². The molecule has 2 unspecified atom stereocenters. The van der Waals surface area contributed by atoms with Crippen LogP contribution in [0, 0.1) is 0 Å². The first kappa shape index (κ1) is 25.9. The van der Waals surface area contributed by atoms with E-state index in [0.29, 0.717) is 34.9 Å². The molecule has 2 atom stereocenters. The number of allylic oxidation sites excluding steroid dienone is 1. The standard InChI is InChI=1S/C33H37N7O2/c1-4-14-39-30(41)25-17-34-31(37-29(25)40(39)26-10-7-20-11-13-33(3,42)28(20)36-26)35-23-15-21-6-5-12-32(2)19-38(24-8-9-24)18-22(16-23)27(21)32/h4,7,10,15-17,24,42H,1,5-6,8-9,11-14,18-19H2,2-3H3,(H,34,35,37). The minimum absolute atomic E-state index is 0.205. The van der Waals surface area contributed by atoms with Crippen molar-refractivity contribution < 1.29 is 5.11 Å². The number of pyridine rings is 1. The van der Waals surface area contributed by atoms with E-state index >= 15 is 0 Å². The highest BCUT2D eigenvalue weighted by Crippen LogP contribution is 2.47. The average molecular weight is 564 g/mol. The van der Waals surface area contributed by atoms with Gasteiger partial charge in [-0.3, -0.25) is 9.69 Å². The van der Waals surface area contributed by atoms with E-state index in [4.69, 9.17) is 9.97 Å². The lowest BCUT2D eigenvalue weighted by molar-refractivity contribution is 0.0553. The number of nitrogens with zero attached hydrogens (tertiary/aromatic N) is 6. The van der Waals surface area contributed by atoms with Crippen LogP contribution in [0.25, 0.3) is 16.9 Å². The predicted octanol–water partition coefficient (Wildman–Crippen LogP) is 4.63. The minimum Gasteiger partial charge on any atom is -0.384 e. The quantitative estimate of drug-likeness (QED) is 0.330. The normalized spacial score (nSPS) is 24.9. The molecular weight excluding hydrogens is 526 g/mol. The number of aliphatic hydroxyl groups is 1. The highest BCUT2D eigenvalue weighted by atomic mass is 16.3. The third kappa shape index (κ3) is 3.97. The number of rotatable bonds is 6. The Kier molecular flexibility index (Phi) is 5.59. The Hall–Kier alpha value is -3.82. The molecule has 0 bridgehead atoms. The maximum absolute atomic E-state index is 13.5. The smallest absolute Gasteiger partial charge is 0.278 e. The molecule has 4 heterocycles. The number of anilines is 2. The lowest BCUT2D eigenvalue weighted by Gasteiger charge is -2.46. The van der Waals surface area contributed by atoms with Crippen molar-refractivity contribution in [2.75, 3.05) is 11.9 Å². The summed E-state index contributed by atoms with van der Waals surface area (Å²) in [5.74, 6) is 0.966. The second-order valence-corrected chi connectivity index (χ2v) is 13.2. The lowest BCUT2D eigenvalue weighted by atomic mass is 9.67. The number of aryl methyl sites for hydroxylation is 2. The van der Waals surface area contributed by atoms with Gasteiger partial charge in [0, 0.05) is 36.4 Å². The molecular formula is C33H37N7O2. The van der Waals surface area contributed by atoms with E-state index in [1.165, 1.54) is 36.8 Å². The van der Waals surface area contributed by atoms with Gasteiger partial charge in [0.1, 0.15) is 11.0 Å². The molecule has 3 aromatic heterocycles. The Bertz CT molecular complexity index is 1830. The fraction of sp³-hybridized carbons (Fsp3) is 0.455. The summed E-state index contributed by atoms with van der Waals surface area (Å²) in [6, 6.07) is 9.17. The summed E-state index contributed by atoms with van der Waals surface area (Å²) in [6.07, 6.45) is 10.9. The van der Waals surface area contributed by atoms with E-state index in [9.17, 15) is 9.90 Å². The van der Waals surface area contributed by atoms with Crippen LogP contribution in [0.1, 0.15) is 73.9 Å². The second-order valence-electron chi connectivity index (χ2n) is 13.2. The van der Waals surface area contributed by atoms with Gasteiger partial charge < -0.3 is 10.4 Å². The molecule has 9 nitrogen and oxygen atoms in total. The van der Waals surface area contributed by atoms with Crippen molar-refractivity contribution in [1.82, 2.24) is 29.2 Å². The van der Waals surface area contributed by atoms with Gasteiger partial charge in [0.15, 0.2) is 11.5 Å². The molecule has 42 heavy (non-hydrogen) atoms. The molecule has 8 rings (SSSR count). The number of benzene rings is 1. The predicted molar refractivity (Wildman–Crippen MR) is 162 cm³/mol. The molecule has 1 aromatic carbocycles. The van der Waals surface area contributed by atoms with E-state index in [-0.39, 0.29) is 17.5 Å². The van der Waals surface area contributed by atoms with Crippen molar-refractivity contribution in [3.63, 3.8) is 0 Å². The number of hydrogen-bond donors (Lipinski definition) is 2. The Balaban J connectivity index is 1.22. The van der Waals surface area contributed by atoms with Crippen molar-refractivity contribution in [1.29, 1.82) is 0 Å². The van der Waals surface area contributed by atoms with Crippen molar-refractivity contribution >= 4 is 22.7 Å². The first-order valence-electron chi connectivity index (χ1n) is 15.2. The van der Waals surface area contributed by atoms with Gasteiger partial charge in [-0.25, -0.2) is 19.3 Å². The summed E-state index contributed by atoms with van der Waals surface area (Å²) in [7, 11) is 0. The fourth-order valence-electron chi connectivity index (χ4n) is 7.81. The minimum atomic E-state index is -1.00. The Morgan fingerprint density at radius 1 is 1.12 bits per heavy atom. The molecule has 1 fully saturated rings. The number of nitrogens with one attached hydrogen (secondary N) is 1. The van der Waals surface area contributed by atoms with Crippen molar-refractivity contribution in [3.05, 3.63) is 81.4 Å². The SMILES string of the molecule is C=CCn1c(=O)c2cnc(Nc3cc4c5c(c3)CN(C3CC3)CC5(C)CCC4)nc2n1-c1ccc2c(n1)C(C)(O)CC2. The fourth-order valence-corrected chi connectivity index (χ4v) is 7.81. The van der Waals surface area contributed by atoms with Crippen LogP contribution in [0.15, 0.2) is 47.9 Å². The molecule has 4 aliphatic rings. The van der Waals surface area contributed by atoms with Crippen LogP contribution in [0.4, 0.5) is 11.6 Å². The second kappa shape index (κ2) is 9.09. The van der Waals surface area contributed by atoms with Crippen molar-refractivity contribution in [2.45, 2.75) is 88.9 Å². The van der Waals surface area contributed by atoms with Crippen LogP contribution in [0.3, 0.4) is 0 Å². The van der Waals surface area contributed by atoms with Crippen LogP contribution >= 0.6 is 0 Å². The zero-order valence-corrected chi connectivity index (χ0v) is 24.4. The summed E-state index contributed by atoms with van der Waals surface area (Å²) in [6.45, 7) is 10.6. The molecule has 0 saturated heterocycles. The van der Waals surface area contributed by atoms with Crippen LogP contribution in [0.2, 0.25) is 0 Å². The summed E-state index contributed by atoms with van der Waals surface area (Å²) in [5.41, 5.74) is 6.55. The third-order valence-corrected chi connectivity index (χ3v) is 9.87. The monoisotopic (exact) mass is 563 g/mol. The largest absolute Gasteiger partial charge is 0.384 e. The Labute approximate surface area is 244 Å². The number of fused-ring (bicyclic) bond motifs is 2. The Morgan fingerprint density at radius 3 is 2.76 bits per heavy atom. The van der Waals surface area contributed by atoms with E-state index in [2.05, 4.69) is 40.8 Å². The highest BCUT2D eigenvalue weighted by molar-refractivity contribution is 5.77. The van der Waals surface area contributed by atoms with Gasteiger partial charge in [-0.2, -0.15) is 4.98 Å². The van der Waals surface area contributed by atoms with Crippen LogP contribution in [-0.2, 0) is 36.9 Å². The first-order chi connectivity index (χ1) is 20.2. The van der Waals surface area contributed by atoms with Crippen LogP contribution < -0.4 is 10.9 Å². The molecule has 0 radical (unpaired) electrons. The highest BCUT2D eigenvalue weighted by Gasteiger charge is 2.43. The van der Waals surface area contributed by atoms with Gasteiger partial charge in [-0.1, -0.05) is 19.1 Å². The van der Waals surface area contributed by atoms with E-state index < -0.39 is 5.60 Å². The van der Waals surface area contributed by atoms with Crippen LogP contribution in [-0.4, -0.2) is 46.9 Å². The van der Waals surface area contributed by atoms with Gasteiger partial charge in [0.05, 0.1) is 12.2 Å². The zero-order valence-electron chi connectivity index (χ0n) is 24.4.